The van der Waals surface area contributed by atoms with Crippen molar-refractivity contribution in [3.63, 3.8) is 0 Å². The fourth-order valence-electron chi connectivity index (χ4n) is 4.31. The minimum absolute atomic E-state index is 0.606. The SMILES string of the molecule is COc1ccc2c(c1)c(CCNc1nccc(Nc3ccc4c(c3)cc(C)n4C)n1)cn2C. The lowest BCUT2D eigenvalue weighted by Gasteiger charge is -2.09. The molecule has 2 N–H and O–H groups in total. The molecular weight excluding hydrogens is 412 g/mol. The third-order valence-electron chi connectivity index (χ3n) is 6.17. The van der Waals surface area contributed by atoms with E-state index in [1.807, 2.05) is 12.1 Å². The van der Waals surface area contributed by atoms with Gasteiger partial charge in [0.1, 0.15) is 11.6 Å². The molecule has 0 fully saturated rings. The monoisotopic (exact) mass is 440 g/mol. The lowest BCUT2D eigenvalue weighted by atomic mass is 10.1. The van der Waals surface area contributed by atoms with Crippen LogP contribution in [0, 0.1) is 6.92 Å². The molecule has 2 aromatic carbocycles. The third kappa shape index (κ3) is 4.09. The first kappa shape index (κ1) is 20.9. The van der Waals surface area contributed by atoms with Crippen LogP contribution < -0.4 is 15.4 Å². The summed E-state index contributed by atoms with van der Waals surface area (Å²) in [6.45, 7) is 2.85. The molecule has 7 heteroatoms. The number of aromatic nitrogens is 4. The van der Waals surface area contributed by atoms with Crippen LogP contribution in [-0.4, -0.2) is 32.8 Å². The molecule has 0 atom stereocenters. The Bertz CT molecular complexity index is 1450. The highest BCUT2D eigenvalue weighted by Gasteiger charge is 2.09. The predicted molar refractivity (Wildman–Crippen MR) is 135 cm³/mol. The number of anilines is 3. The number of hydrogen-bond donors (Lipinski definition) is 2. The van der Waals surface area contributed by atoms with Crippen LogP contribution in [0.2, 0.25) is 0 Å². The van der Waals surface area contributed by atoms with Crippen LogP contribution in [0.1, 0.15) is 11.3 Å². The van der Waals surface area contributed by atoms with Crippen molar-refractivity contribution in [2.75, 3.05) is 24.3 Å². The maximum atomic E-state index is 5.40. The zero-order chi connectivity index (χ0) is 22.9. The number of benzene rings is 2. The Morgan fingerprint density at radius 3 is 2.70 bits per heavy atom. The Balaban J connectivity index is 1.27. The van der Waals surface area contributed by atoms with Crippen LogP contribution in [0.15, 0.2) is 60.9 Å². The smallest absolute Gasteiger partial charge is 0.224 e. The molecule has 7 nitrogen and oxygen atoms in total. The summed E-state index contributed by atoms with van der Waals surface area (Å²) in [5.41, 5.74) is 5.91. The standard InChI is InChI=1S/C26H28N6O/c1-17-13-19-14-20(5-7-23(19)32(17)3)29-25-10-12-28-26(30-25)27-11-9-18-16-31(2)24-8-6-21(33-4)15-22(18)24/h5-8,10,12-16H,9,11H2,1-4H3,(H2,27,28,29,30). The number of rotatable bonds is 7. The molecule has 0 aliphatic carbocycles. The van der Waals surface area contributed by atoms with Gasteiger partial charge < -0.3 is 24.5 Å². The van der Waals surface area contributed by atoms with Crippen molar-refractivity contribution in [1.29, 1.82) is 0 Å². The van der Waals surface area contributed by atoms with E-state index in [4.69, 9.17) is 4.74 Å². The summed E-state index contributed by atoms with van der Waals surface area (Å²) in [7, 11) is 5.85. The lowest BCUT2D eigenvalue weighted by molar-refractivity contribution is 0.415. The zero-order valence-electron chi connectivity index (χ0n) is 19.4. The average Bonchev–Trinajstić information content (AvgIpc) is 3.28. The van der Waals surface area contributed by atoms with Gasteiger partial charge in [0.15, 0.2) is 0 Å². The van der Waals surface area contributed by atoms with Gasteiger partial charge in [0.25, 0.3) is 0 Å². The van der Waals surface area contributed by atoms with Gasteiger partial charge in [0, 0.05) is 66.2 Å². The van der Waals surface area contributed by atoms with Gasteiger partial charge in [-0.25, -0.2) is 4.98 Å². The topological polar surface area (TPSA) is 68.9 Å². The highest BCUT2D eigenvalue weighted by atomic mass is 16.5. The Labute approximate surface area is 193 Å². The van der Waals surface area contributed by atoms with Gasteiger partial charge in [-0.1, -0.05) is 0 Å². The highest BCUT2D eigenvalue weighted by Crippen LogP contribution is 2.26. The van der Waals surface area contributed by atoms with E-state index in [1.54, 1.807) is 13.3 Å². The summed E-state index contributed by atoms with van der Waals surface area (Å²) in [5.74, 6) is 2.23. The van der Waals surface area contributed by atoms with E-state index in [1.165, 1.54) is 33.1 Å². The lowest BCUT2D eigenvalue weighted by Crippen LogP contribution is -2.08. The van der Waals surface area contributed by atoms with Gasteiger partial charge in [0.05, 0.1) is 7.11 Å². The van der Waals surface area contributed by atoms with Gasteiger partial charge in [-0.15, -0.1) is 0 Å². The van der Waals surface area contributed by atoms with Crippen LogP contribution in [0.25, 0.3) is 21.8 Å². The second kappa shape index (κ2) is 8.50. The molecule has 0 spiro atoms. The second-order valence-electron chi connectivity index (χ2n) is 8.33. The summed E-state index contributed by atoms with van der Waals surface area (Å²) >= 11 is 0. The van der Waals surface area contributed by atoms with Crippen molar-refractivity contribution < 1.29 is 4.74 Å². The fraction of sp³-hybridized carbons (Fsp3) is 0.231. The van der Waals surface area contributed by atoms with Crippen molar-refractivity contribution in [2.24, 2.45) is 14.1 Å². The first-order valence-corrected chi connectivity index (χ1v) is 11.0. The minimum Gasteiger partial charge on any atom is -0.497 e. The molecule has 5 rings (SSSR count). The van der Waals surface area contributed by atoms with Crippen LogP contribution >= 0.6 is 0 Å². The second-order valence-corrected chi connectivity index (χ2v) is 8.33. The quantitative estimate of drug-likeness (QED) is 0.365. The predicted octanol–water partition coefficient (Wildman–Crippen LogP) is 5.18. The Kier molecular flexibility index (Phi) is 5.38. The summed E-state index contributed by atoms with van der Waals surface area (Å²) in [6.07, 6.45) is 4.80. The highest BCUT2D eigenvalue weighted by molar-refractivity contribution is 5.86. The third-order valence-corrected chi connectivity index (χ3v) is 6.17. The van der Waals surface area contributed by atoms with Crippen molar-refractivity contribution >= 4 is 39.3 Å². The molecule has 0 aliphatic heterocycles. The molecule has 33 heavy (non-hydrogen) atoms. The molecule has 0 unspecified atom stereocenters. The number of fused-ring (bicyclic) bond motifs is 2. The molecule has 3 heterocycles. The molecule has 3 aromatic heterocycles. The van der Waals surface area contributed by atoms with Gasteiger partial charge in [-0.05, 0) is 67.4 Å². The van der Waals surface area contributed by atoms with E-state index < -0.39 is 0 Å². The van der Waals surface area contributed by atoms with Crippen LogP contribution in [0.3, 0.4) is 0 Å². The number of nitrogens with one attached hydrogen (secondary N) is 2. The number of ether oxygens (including phenoxy) is 1. The summed E-state index contributed by atoms with van der Waals surface area (Å²) in [5, 5.41) is 9.17. The molecule has 168 valence electrons. The molecule has 0 saturated heterocycles. The van der Waals surface area contributed by atoms with Crippen LogP contribution in [-0.2, 0) is 20.5 Å². The van der Waals surface area contributed by atoms with Crippen molar-refractivity contribution in [3.8, 4) is 5.75 Å². The molecule has 0 saturated carbocycles. The molecule has 0 bridgehead atoms. The largest absolute Gasteiger partial charge is 0.497 e. The number of hydrogen-bond acceptors (Lipinski definition) is 5. The van der Waals surface area contributed by atoms with Crippen LogP contribution in [0.5, 0.6) is 5.75 Å². The fourth-order valence-corrected chi connectivity index (χ4v) is 4.31. The summed E-state index contributed by atoms with van der Waals surface area (Å²) < 4.78 is 9.74. The van der Waals surface area contributed by atoms with E-state index in [0.717, 1.165) is 30.2 Å². The van der Waals surface area contributed by atoms with Crippen LogP contribution in [0.4, 0.5) is 17.5 Å². The zero-order valence-corrected chi connectivity index (χ0v) is 19.4. The van der Waals surface area contributed by atoms with E-state index >= 15 is 0 Å². The van der Waals surface area contributed by atoms with E-state index in [0.29, 0.717) is 5.95 Å². The Hall–Kier alpha value is -4.00. The molecule has 5 aromatic rings. The Morgan fingerprint density at radius 2 is 1.85 bits per heavy atom. The molecular formula is C26H28N6O. The van der Waals surface area contributed by atoms with Crippen molar-refractivity contribution in [2.45, 2.75) is 13.3 Å². The Morgan fingerprint density at radius 1 is 1.00 bits per heavy atom. The van der Waals surface area contributed by atoms with E-state index in [9.17, 15) is 0 Å². The summed E-state index contributed by atoms with van der Waals surface area (Å²) in [6, 6.07) is 16.6. The maximum absolute atomic E-state index is 5.40. The van der Waals surface area contributed by atoms with Crippen molar-refractivity contribution in [3.05, 3.63) is 72.2 Å². The minimum atomic E-state index is 0.606. The first-order valence-electron chi connectivity index (χ1n) is 11.0. The molecule has 0 aliphatic rings. The van der Waals surface area contributed by atoms with Crippen molar-refractivity contribution in [1.82, 2.24) is 19.1 Å². The summed E-state index contributed by atoms with van der Waals surface area (Å²) in [4.78, 5) is 9.01. The van der Waals surface area contributed by atoms with Gasteiger partial charge >= 0.3 is 0 Å². The first-order chi connectivity index (χ1) is 16.0. The van der Waals surface area contributed by atoms with Gasteiger partial charge in [-0.3, -0.25) is 0 Å². The van der Waals surface area contributed by atoms with E-state index in [2.05, 4.69) is 93.3 Å². The van der Waals surface area contributed by atoms with Gasteiger partial charge in [-0.2, -0.15) is 4.98 Å². The maximum Gasteiger partial charge on any atom is 0.224 e. The van der Waals surface area contributed by atoms with E-state index in [-0.39, 0.29) is 0 Å². The normalized spacial score (nSPS) is 11.3. The molecule has 0 amide bonds. The number of methoxy groups -OCH3 is 1. The average molecular weight is 441 g/mol. The van der Waals surface area contributed by atoms with Gasteiger partial charge in [0.2, 0.25) is 5.95 Å². The number of nitrogens with zero attached hydrogens (tertiary/aromatic N) is 4. The number of aryl methyl sites for hydroxylation is 3. The molecule has 0 radical (unpaired) electrons.